The summed E-state index contributed by atoms with van der Waals surface area (Å²) in [7, 11) is 0. The van der Waals surface area contributed by atoms with Crippen molar-refractivity contribution in [3.63, 3.8) is 0 Å². The van der Waals surface area contributed by atoms with E-state index < -0.39 is 19.3 Å². The number of halogens is 2. The number of rotatable bonds is 2. The van der Waals surface area contributed by atoms with Gasteiger partial charge in [-0.3, -0.25) is 0 Å². The van der Waals surface area contributed by atoms with Gasteiger partial charge in [0.05, 0.1) is 5.92 Å². The van der Waals surface area contributed by atoms with Crippen LogP contribution in [0.5, 0.6) is 0 Å². The molecule has 0 aliphatic heterocycles. The second-order valence-electron chi connectivity index (χ2n) is 1.17. The molecule has 0 N–H and O–H groups in total. The van der Waals surface area contributed by atoms with Crippen LogP contribution in [0.3, 0.4) is 0 Å². The minimum Gasteiger partial charge on any atom is -0.250 e. The lowest BCUT2D eigenvalue weighted by atomic mass is 10.2. The fourth-order valence-electron chi connectivity index (χ4n) is 0.130. The minimum absolute atomic E-state index is 0.757. The molecule has 0 aliphatic carbocycles. The second kappa shape index (κ2) is 3.60. The van der Waals surface area contributed by atoms with Crippen molar-refractivity contribution in [2.45, 2.75) is 0 Å². The third kappa shape index (κ3) is 2.16. The van der Waals surface area contributed by atoms with E-state index in [0.29, 0.717) is 0 Å². The first-order valence-electron chi connectivity index (χ1n) is 1.93. The summed E-state index contributed by atoms with van der Waals surface area (Å²) in [5.74, 6) is 1.13. The van der Waals surface area contributed by atoms with Gasteiger partial charge >= 0.3 is 0 Å². The van der Waals surface area contributed by atoms with Crippen LogP contribution < -0.4 is 0 Å². The Hall–Kier alpha value is -0.580. The molecule has 0 aromatic rings. The fourth-order valence-corrected chi connectivity index (χ4v) is 0.130. The Balaban J connectivity index is 3.23. The standard InChI is InChI=1S/C5H6F2/c1-2-5(3-6)4-7/h1,5H,3-4H2. The summed E-state index contributed by atoms with van der Waals surface area (Å²) in [5.41, 5.74) is 0. The smallest absolute Gasteiger partial charge is 0.106 e. The predicted molar refractivity (Wildman–Crippen MR) is 24.3 cm³/mol. The van der Waals surface area contributed by atoms with E-state index in [1.807, 2.05) is 5.92 Å². The first-order valence-corrected chi connectivity index (χ1v) is 1.93. The fraction of sp³-hybridized carbons (Fsp3) is 0.600. The molecule has 0 aromatic heterocycles. The SMILES string of the molecule is C#CC(CF)CF. The largest absolute Gasteiger partial charge is 0.250 e. The van der Waals surface area contributed by atoms with Gasteiger partial charge in [0.1, 0.15) is 13.3 Å². The molecule has 0 bridgehead atoms. The van der Waals surface area contributed by atoms with Crippen LogP contribution in [-0.4, -0.2) is 13.3 Å². The van der Waals surface area contributed by atoms with Crippen molar-refractivity contribution in [2.75, 3.05) is 13.3 Å². The minimum atomic E-state index is -0.819. The van der Waals surface area contributed by atoms with Gasteiger partial charge in [0, 0.05) is 0 Å². The van der Waals surface area contributed by atoms with E-state index in [4.69, 9.17) is 0 Å². The molecule has 0 aromatic carbocycles. The van der Waals surface area contributed by atoms with E-state index in [2.05, 4.69) is 6.42 Å². The van der Waals surface area contributed by atoms with Gasteiger partial charge in [0.2, 0.25) is 0 Å². The van der Waals surface area contributed by atoms with Crippen molar-refractivity contribution in [3.8, 4) is 12.3 Å². The van der Waals surface area contributed by atoms with Crippen LogP contribution in [0.1, 0.15) is 0 Å². The summed E-state index contributed by atoms with van der Waals surface area (Å²) in [5, 5.41) is 0. The Labute approximate surface area is 41.5 Å². The number of hydrogen-bond donors (Lipinski definition) is 0. The summed E-state index contributed by atoms with van der Waals surface area (Å²) in [6.07, 6.45) is 4.66. The van der Waals surface area contributed by atoms with Gasteiger partial charge in [0.15, 0.2) is 0 Å². The van der Waals surface area contributed by atoms with Crippen LogP contribution in [0.25, 0.3) is 0 Å². The zero-order chi connectivity index (χ0) is 5.70. The Kier molecular flexibility index (Phi) is 3.31. The highest BCUT2D eigenvalue weighted by molar-refractivity contribution is 4.92. The summed E-state index contributed by atoms with van der Waals surface area (Å²) >= 11 is 0. The van der Waals surface area contributed by atoms with Crippen molar-refractivity contribution in [2.24, 2.45) is 5.92 Å². The summed E-state index contributed by atoms with van der Waals surface area (Å²) < 4.78 is 22.6. The number of hydrogen-bond acceptors (Lipinski definition) is 0. The molecule has 0 aliphatic rings. The molecule has 0 saturated heterocycles. The summed E-state index contributed by atoms with van der Waals surface area (Å²) in [6.45, 7) is -1.51. The van der Waals surface area contributed by atoms with Gasteiger partial charge in [0.25, 0.3) is 0 Å². The molecule has 2 heteroatoms. The Bertz CT molecular complexity index is 68.6. The second-order valence-corrected chi connectivity index (χ2v) is 1.17. The van der Waals surface area contributed by atoms with E-state index in [-0.39, 0.29) is 0 Å². The van der Waals surface area contributed by atoms with E-state index in [1.165, 1.54) is 0 Å². The first kappa shape index (κ1) is 6.42. The molecule has 7 heavy (non-hydrogen) atoms. The average Bonchev–Trinajstić information content (AvgIpc) is 1.72. The maximum absolute atomic E-state index is 11.3. The Morgan fingerprint density at radius 1 is 1.43 bits per heavy atom. The van der Waals surface area contributed by atoms with Crippen LogP contribution in [0.2, 0.25) is 0 Å². The van der Waals surface area contributed by atoms with Gasteiger partial charge in [-0.05, 0) is 0 Å². The Morgan fingerprint density at radius 3 is 1.86 bits per heavy atom. The third-order valence-corrected chi connectivity index (χ3v) is 0.608. The molecular weight excluding hydrogens is 98.1 g/mol. The number of terminal acetylenes is 1. The maximum Gasteiger partial charge on any atom is 0.106 e. The molecule has 0 radical (unpaired) electrons. The molecule has 0 rings (SSSR count). The molecule has 0 fully saturated rings. The topological polar surface area (TPSA) is 0 Å². The highest BCUT2D eigenvalue weighted by Crippen LogP contribution is 1.93. The van der Waals surface area contributed by atoms with Crippen LogP contribution in [0.4, 0.5) is 8.78 Å². The van der Waals surface area contributed by atoms with Crippen LogP contribution >= 0.6 is 0 Å². The third-order valence-electron chi connectivity index (χ3n) is 0.608. The molecule has 40 valence electrons. The monoisotopic (exact) mass is 104 g/mol. The van der Waals surface area contributed by atoms with Crippen molar-refractivity contribution in [1.29, 1.82) is 0 Å². The van der Waals surface area contributed by atoms with Crippen molar-refractivity contribution in [1.82, 2.24) is 0 Å². The zero-order valence-corrected chi connectivity index (χ0v) is 3.82. The van der Waals surface area contributed by atoms with Gasteiger partial charge in [-0.1, -0.05) is 5.92 Å². The molecule has 0 nitrogen and oxygen atoms in total. The molecule has 0 atom stereocenters. The lowest BCUT2D eigenvalue weighted by Crippen LogP contribution is -2.00. The van der Waals surface area contributed by atoms with E-state index in [9.17, 15) is 8.78 Å². The summed E-state index contributed by atoms with van der Waals surface area (Å²) in [6, 6.07) is 0. The van der Waals surface area contributed by atoms with E-state index in [0.717, 1.165) is 0 Å². The lowest BCUT2D eigenvalue weighted by Gasteiger charge is -1.92. The first-order chi connectivity index (χ1) is 3.35. The molecule has 0 unspecified atom stereocenters. The van der Waals surface area contributed by atoms with Gasteiger partial charge in [-0.15, -0.1) is 6.42 Å². The highest BCUT2D eigenvalue weighted by atomic mass is 19.1. The molecular formula is C5H6F2. The zero-order valence-electron chi connectivity index (χ0n) is 3.82. The lowest BCUT2D eigenvalue weighted by molar-refractivity contribution is 0.341. The van der Waals surface area contributed by atoms with E-state index in [1.54, 1.807) is 0 Å². The van der Waals surface area contributed by atoms with Crippen LogP contribution in [0, 0.1) is 18.3 Å². The summed E-state index contributed by atoms with van der Waals surface area (Å²) in [4.78, 5) is 0. The van der Waals surface area contributed by atoms with Gasteiger partial charge < -0.3 is 0 Å². The van der Waals surface area contributed by atoms with Crippen LogP contribution in [0.15, 0.2) is 0 Å². The van der Waals surface area contributed by atoms with Gasteiger partial charge in [-0.25, -0.2) is 8.78 Å². The average molecular weight is 104 g/mol. The maximum atomic E-state index is 11.3. The van der Waals surface area contributed by atoms with Gasteiger partial charge in [-0.2, -0.15) is 0 Å². The quantitative estimate of drug-likeness (QED) is 0.461. The molecule has 0 spiro atoms. The van der Waals surface area contributed by atoms with Crippen LogP contribution in [-0.2, 0) is 0 Å². The molecule has 0 heterocycles. The number of alkyl halides is 2. The molecule has 0 saturated carbocycles. The molecule has 0 amide bonds. The Morgan fingerprint density at radius 2 is 1.86 bits per heavy atom. The predicted octanol–water partition coefficient (Wildman–Crippen LogP) is 1.17. The van der Waals surface area contributed by atoms with Crippen molar-refractivity contribution < 1.29 is 8.78 Å². The van der Waals surface area contributed by atoms with Crippen molar-refractivity contribution in [3.05, 3.63) is 0 Å². The van der Waals surface area contributed by atoms with Crippen molar-refractivity contribution >= 4 is 0 Å². The van der Waals surface area contributed by atoms with E-state index >= 15 is 0 Å². The highest BCUT2D eigenvalue weighted by Gasteiger charge is 1.99. The normalized spacial score (nSPS) is 8.86.